The molecule has 0 unspecified atom stereocenters. The van der Waals surface area contributed by atoms with Gasteiger partial charge in [0.1, 0.15) is 5.00 Å². The predicted octanol–water partition coefficient (Wildman–Crippen LogP) is 2.63. The number of thiophene rings is 2. The molecule has 2 aromatic heterocycles. The molecule has 0 spiro atoms. The van der Waals surface area contributed by atoms with Crippen LogP contribution < -0.4 is 5.32 Å². The van der Waals surface area contributed by atoms with Crippen molar-refractivity contribution in [3.63, 3.8) is 0 Å². The van der Waals surface area contributed by atoms with Crippen LogP contribution in [-0.4, -0.2) is 11.0 Å². The van der Waals surface area contributed by atoms with Crippen molar-refractivity contribution >= 4 is 43.0 Å². The molecule has 0 saturated heterocycles. The Hall–Kier alpha value is -1.07. The van der Waals surface area contributed by atoms with Crippen LogP contribution in [0, 0.1) is 0 Å². The minimum atomic E-state index is -0.163. The molecule has 68 valence electrons. The first kappa shape index (κ1) is 8.52. The van der Waals surface area contributed by atoms with Crippen LogP contribution in [0.5, 0.6) is 5.75 Å². The van der Waals surface area contributed by atoms with Crippen molar-refractivity contribution in [2.45, 2.75) is 6.92 Å². The number of carbonyl (C=O) groups is 1. The van der Waals surface area contributed by atoms with E-state index in [1.165, 1.54) is 29.6 Å². The molecule has 0 radical (unpaired) electrons. The fourth-order valence-corrected chi connectivity index (χ4v) is 3.15. The molecule has 0 aliphatic rings. The fraction of sp³-hybridized carbons (Fsp3) is 0.125. The van der Waals surface area contributed by atoms with Crippen molar-refractivity contribution in [2.75, 3.05) is 5.32 Å². The summed E-state index contributed by atoms with van der Waals surface area (Å²) in [5.41, 5.74) is 0. The van der Waals surface area contributed by atoms with Crippen LogP contribution in [0.25, 0.3) is 9.40 Å². The Bertz CT molecular complexity index is 458. The van der Waals surface area contributed by atoms with E-state index in [9.17, 15) is 9.90 Å². The second-order valence-electron chi connectivity index (χ2n) is 2.57. The molecule has 1 amide bonds. The number of aromatic hydroxyl groups is 1. The van der Waals surface area contributed by atoms with Gasteiger partial charge in [-0.2, -0.15) is 0 Å². The first-order valence-corrected chi connectivity index (χ1v) is 5.34. The molecule has 0 aliphatic heterocycles. The second-order valence-corrected chi connectivity index (χ2v) is 4.54. The van der Waals surface area contributed by atoms with Crippen molar-refractivity contribution in [3.05, 3.63) is 11.4 Å². The van der Waals surface area contributed by atoms with Gasteiger partial charge in [0, 0.05) is 6.92 Å². The summed E-state index contributed by atoms with van der Waals surface area (Å²) in [6.45, 7) is 1.42. The summed E-state index contributed by atoms with van der Waals surface area (Å²) >= 11 is 2.86. The summed E-state index contributed by atoms with van der Waals surface area (Å²) in [4.78, 5) is 10.8. The lowest BCUT2D eigenvalue weighted by Crippen LogP contribution is -2.03. The lowest BCUT2D eigenvalue weighted by molar-refractivity contribution is -0.114. The number of nitrogens with one attached hydrogen (secondary N) is 1. The minimum Gasteiger partial charge on any atom is -0.504 e. The maximum Gasteiger partial charge on any atom is 0.221 e. The Morgan fingerprint density at radius 1 is 1.62 bits per heavy atom. The van der Waals surface area contributed by atoms with E-state index in [1.54, 1.807) is 0 Å². The summed E-state index contributed by atoms with van der Waals surface area (Å²) in [6.07, 6.45) is 0. The summed E-state index contributed by atoms with van der Waals surface area (Å²) in [5, 5.41) is 14.7. The van der Waals surface area contributed by atoms with E-state index in [2.05, 4.69) is 5.32 Å². The van der Waals surface area contributed by atoms with Crippen LogP contribution in [0.1, 0.15) is 6.92 Å². The number of amides is 1. The van der Waals surface area contributed by atoms with Crippen molar-refractivity contribution in [2.24, 2.45) is 0 Å². The van der Waals surface area contributed by atoms with Gasteiger partial charge in [-0.25, -0.2) is 0 Å². The summed E-state index contributed by atoms with van der Waals surface area (Å²) in [7, 11) is 0. The van der Waals surface area contributed by atoms with Gasteiger partial charge in [0.2, 0.25) is 5.91 Å². The quantitative estimate of drug-likeness (QED) is 0.765. The molecule has 0 aliphatic carbocycles. The highest BCUT2D eigenvalue weighted by atomic mass is 32.1. The van der Waals surface area contributed by atoms with Crippen LogP contribution in [0.3, 0.4) is 0 Å². The van der Waals surface area contributed by atoms with Gasteiger partial charge in [0.05, 0.1) is 9.40 Å². The van der Waals surface area contributed by atoms with Crippen LogP contribution in [0.2, 0.25) is 0 Å². The van der Waals surface area contributed by atoms with Crippen molar-refractivity contribution < 1.29 is 9.90 Å². The van der Waals surface area contributed by atoms with Gasteiger partial charge in [-0.15, -0.1) is 22.7 Å². The van der Waals surface area contributed by atoms with Crippen LogP contribution >= 0.6 is 22.7 Å². The monoisotopic (exact) mass is 213 g/mol. The van der Waals surface area contributed by atoms with Crippen LogP contribution in [0.4, 0.5) is 5.00 Å². The SMILES string of the molecule is CC(=O)Nc1sc2ccsc2c1O. The van der Waals surface area contributed by atoms with Gasteiger partial charge in [0.25, 0.3) is 0 Å². The number of hydrogen-bond donors (Lipinski definition) is 2. The highest BCUT2D eigenvalue weighted by molar-refractivity contribution is 7.30. The summed E-state index contributed by atoms with van der Waals surface area (Å²) in [5.74, 6) is 0.0226. The zero-order chi connectivity index (χ0) is 9.42. The molecule has 2 rings (SSSR count). The average molecular weight is 213 g/mol. The van der Waals surface area contributed by atoms with Crippen LogP contribution in [-0.2, 0) is 4.79 Å². The molecule has 0 aromatic carbocycles. The molecule has 0 fully saturated rings. The van der Waals surface area contributed by atoms with Crippen molar-refractivity contribution in [1.82, 2.24) is 0 Å². The number of fused-ring (bicyclic) bond motifs is 1. The fourth-order valence-electron chi connectivity index (χ4n) is 1.06. The Morgan fingerprint density at radius 2 is 2.38 bits per heavy atom. The van der Waals surface area contributed by atoms with Crippen molar-refractivity contribution in [1.29, 1.82) is 0 Å². The Morgan fingerprint density at radius 3 is 3.00 bits per heavy atom. The molecule has 2 N–H and O–H groups in total. The maximum atomic E-state index is 10.8. The van der Waals surface area contributed by atoms with Crippen molar-refractivity contribution in [3.8, 4) is 5.75 Å². The zero-order valence-corrected chi connectivity index (χ0v) is 8.46. The van der Waals surface area contributed by atoms with E-state index in [0.29, 0.717) is 5.00 Å². The Kier molecular flexibility index (Phi) is 1.97. The third-order valence-electron chi connectivity index (χ3n) is 1.56. The topological polar surface area (TPSA) is 49.3 Å². The van der Waals surface area contributed by atoms with E-state index in [1.807, 2.05) is 11.4 Å². The molecular weight excluding hydrogens is 206 g/mol. The van der Waals surface area contributed by atoms with Gasteiger partial charge < -0.3 is 10.4 Å². The molecular formula is C8H7NO2S2. The number of carbonyl (C=O) groups excluding carboxylic acids is 1. The van der Waals surface area contributed by atoms with E-state index in [4.69, 9.17) is 0 Å². The molecule has 2 aromatic rings. The Balaban J connectivity index is 2.51. The van der Waals surface area contributed by atoms with E-state index >= 15 is 0 Å². The number of rotatable bonds is 1. The van der Waals surface area contributed by atoms with Gasteiger partial charge >= 0.3 is 0 Å². The molecule has 2 heterocycles. The van der Waals surface area contributed by atoms with Crippen LogP contribution in [0.15, 0.2) is 11.4 Å². The molecule has 0 atom stereocenters. The predicted molar refractivity (Wildman–Crippen MR) is 55.7 cm³/mol. The Labute approximate surface area is 82.6 Å². The van der Waals surface area contributed by atoms with E-state index in [0.717, 1.165) is 9.40 Å². The molecule has 13 heavy (non-hydrogen) atoms. The van der Waals surface area contributed by atoms with Gasteiger partial charge in [-0.05, 0) is 11.4 Å². The third-order valence-corrected chi connectivity index (χ3v) is 3.67. The smallest absolute Gasteiger partial charge is 0.221 e. The standard InChI is InChI=1S/C8H7NO2S2/c1-4(10)9-8-6(11)7-5(13-8)2-3-12-7/h2-3,11H,1H3,(H,9,10). The normalized spacial score (nSPS) is 10.5. The molecule has 3 nitrogen and oxygen atoms in total. The lowest BCUT2D eigenvalue weighted by Gasteiger charge is -1.96. The highest BCUT2D eigenvalue weighted by Crippen LogP contribution is 2.43. The number of anilines is 1. The highest BCUT2D eigenvalue weighted by Gasteiger charge is 2.12. The molecule has 0 bridgehead atoms. The third kappa shape index (κ3) is 1.40. The average Bonchev–Trinajstić information content (AvgIpc) is 2.56. The van der Waals surface area contributed by atoms with E-state index in [-0.39, 0.29) is 11.7 Å². The zero-order valence-electron chi connectivity index (χ0n) is 6.83. The van der Waals surface area contributed by atoms with Gasteiger partial charge in [-0.1, -0.05) is 0 Å². The van der Waals surface area contributed by atoms with Gasteiger partial charge in [0.15, 0.2) is 5.75 Å². The lowest BCUT2D eigenvalue weighted by atomic mass is 10.5. The minimum absolute atomic E-state index is 0.163. The van der Waals surface area contributed by atoms with Gasteiger partial charge in [-0.3, -0.25) is 4.79 Å². The largest absolute Gasteiger partial charge is 0.504 e. The maximum absolute atomic E-state index is 10.8. The molecule has 5 heteroatoms. The first-order chi connectivity index (χ1) is 6.18. The second kappa shape index (κ2) is 3.01. The summed E-state index contributed by atoms with van der Waals surface area (Å²) < 4.78 is 1.85. The first-order valence-electron chi connectivity index (χ1n) is 3.65. The number of hydrogen-bond acceptors (Lipinski definition) is 4. The molecule has 0 saturated carbocycles. The summed E-state index contributed by atoms with van der Waals surface area (Å²) in [6, 6.07) is 1.93. The van der Waals surface area contributed by atoms with E-state index < -0.39 is 0 Å².